The largest absolute Gasteiger partial charge is 0.493 e. The molecule has 4 N–H and O–H groups in total. The molecule has 4 atom stereocenters. The summed E-state index contributed by atoms with van der Waals surface area (Å²) in [5, 5.41) is 19.7. The van der Waals surface area contributed by atoms with Crippen LogP contribution in [-0.4, -0.2) is 37.9 Å². The standard InChI is InChI=1S/C10H15N3O4/c1-4-5(2)17-10(7(4)14)13-3-12-6(8(11)15)9(13)16/h3-5,7,10,14,16H,1-2H3,(H2,11,15)/t4-,5-,7-,10-/m1/s1. The molecule has 1 saturated heterocycles. The Kier molecular flexibility index (Phi) is 2.80. The Morgan fingerprint density at radius 2 is 2.24 bits per heavy atom. The van der Waals surface area contributed by atoms with E-state index in [9.17, 15) is 15.0 Å². The molecule has 0 aromatic carbocycles. The van der Waals surface area contributed by atoms with Crippen LogP contribution in [0.2, 0.25) is 0 Å². The van der Waals surface area contributed by atoms with Gasteiger partial charge in [-0.15, -0.1) is 0 Å². The maximum atomic E-state index is 10.9. The third-order valence-electron chi connectivity index (χ3n) is 3.20. The van der Waals surface area contributed by atoms with Gasteiger partial charge >= 0.3 is 0 Å². The van der Waals surface area contributed by atoms with E-state index in [2.05, 4.69) is 4.98 Å². The van der Waals surface area contributed by atoms with E-state index in [0.717, 1.165) is 0 Å². The molecule has 94 valence electrons. The molecular weight excluding hydrogens is 226 g/mol. The van der Waals surface area contributed by atoms with Gasteiger partial charge in [0, 0.05) is 5.92 Å². The van der Waals surface area contributed by atoms with Gasteiger partial charge in [0.1, 0.15) is 12.4 Å². The molecule has 7 heteroatoms. The molecule has 0 saturated carbocycles. The number of nitrogens with two attached hydrogens (primary N) is 1. The van der Waals surface area contributed by atoms with Crippen molar-refractivity contribution in [3.63, 3.8) is 0 Å². The minimum absolute atomic E-state index is 0.0705. The second-order valence-electron chi connectivity index (χ2n) is 4.27. The fourth-order valence-corrected chi connectivity index (χ4v) is 1.91. The van der Waals surface area contributed by atoms with Gasteiger partial charge in [0.15, 0.2) is 11.9 Å². The number of nitrogens with zero attached hydrogens (tertiary/aromatic N) is 2. The number of carbonyl (C=O) groups excluding carboxylic acids is 1. The Hall–Kier alpha value is -1.60. The van der Waals surface area contributed by atoms with Crippen molar-refractivity contribution in [2.24, 2.45) is 11.7 Å². The van der Waals surface area contributed by atoms with Crippen LogP contribution in [0.15, 0.2) is 6.33 Å². The second kappa shape index (κ2) is 4.01. The number of hydrogen-bond donors (Lipinski definition) is 3. The normalized spacial score (nSPS) is 32.9. The molecule has 1 amide bonds. The zero-order valence-electron chi connectivity index (χ0n) is 9.57. The predicted molar refractivity (Wildman–Crippen MR) is 57.2 cm³/mol. The van der Waals surface area contributed by atoms with Crippen LogP contribution in [-0.2, 0) is 4.74 Å². The first-order valence-corrected chi connectivity index (χ1v) is 5.32. The molecule has 0 spiro atoms. The topological polar surface area (TPSA) is 111 Å². The highest BCUT2D eigenvalue weighted by molar-refractivity contribution is 5.92. The number of aliphatic hydroxyl groups excluding tert-OH is 1. The summed E-state index contributed by atoms with van der Waals surface area (Å²) in [6, 6.07) is 0. The van der Waals surface area contributed by atoms with Gasteiger partial charge in [-0.2, -0.15) is 0 Å². The minimum Gasteiger partial charge on any atom is -0.493 e. The van der Waals surface area contributed by atoms with Gasteiger partial charge in [-0.3, -0.25) is 9.36 Å². The molecule has 2 heterocycles. The van der Waals surface area contributed by atoms with Crippen molar-refractivity contribution in [3.8, 4) is 5.88 Å². The molecule has 1 aromatic rings. The molecular formula is C10H15N3O4. The van der Waals surface area contributed by atoms with Crippen molar-refractivity contribution in [1.29, 1.82) is 0 Å². The van der Waals surface area contributed by atoms with Crippen LogP contribution in [0.3, 0.4) is 0 Å². The molecule has 1 fully saturated rings. The van der Waals surface area contributed by atoms with Gasteiger partial charge in [0.05, 0.1) is 6.10 Å². The summed E-state index contributed by atoms with van der Waals surface area (Å²) < 4.78 is 6.72. The van der Waals surface area contributed by atoms with Gasteiger partial charge < -0.3 is 20.7 Å². The van der Waals surface area contributed by atoms with Crippen LogP contribution in [0, 0.1) is 5.92 Å². The maximum Gasteiger partial charge on any atom is 0.272 e. The van der Waals surface area contributed by atoms with Crippen molar-refractivity contribution >= 4 is 5.91 Å². The number of aromatic hydroxyl groups is 1. The summed E-state index contributed by atoms with van der Waals surface area (Å²) in [6.07, 6.45) is -0.436. The Bertz CT molecular complexity index is 445. The molecule has 1 aliphatic heterocycles. The Labute approximate surface area is 97.8 Å². The maximum absolute atomic E-state index is 10.9. The summed E-state index contributed by atoms with van der Waals surface area (Å²) in [7, 11) is 0. The van der Waals surface area contributed by atoms with E-state index >= 15 is 0 Å². The van der Waals surface area contributed by atoms with E-state index in [1.807, 2.05) is 13.8 Å². The second-order valence-corrected chi connectivity index (χ2v) is 4.27. The average molecular weight is 241 g/mol. The lowest BCUT2D eigenvalue weighted by molar-refractivity contribution is -0.0354. The molecule has 1 aromatic heterocycles. The third kappa shape index (κ3) is 1.77. The summed E-state index contributed by atoms with van der Waals surface area (Å²) in [6.45, 7) is 3.68. The summed E-state index contributed by atoms with van der Waals surface area (Å²) in [5.41, 5.74) is 4.81. The van der Waals surface area contributed by atoms with Crippen LogP contribution in [0.5, 0.6) is 5.88 Å². The van der Waals surface area contributed by atoms with Crippen molar-refractivity contribution in [2.75, 3.05) is 0 Å². The highest BCUT2D eigenvalue weighted by atomic mass is 16.5. The number of aromatic nitrogens is 2. The monoisotopic (exact) mass is 241 g/mol. The molecule has 0 unspecified atom stereocenters. The van der Waals surface area contributed by atoms with Crippen molar-refractivity contribution in [2.45, 2.75) is 32.3 Å². The van der Waals surface area contributed by atoms with E-state index in [0.29, 0.717) is 0 Å². The number of hydrogen-bond acceptors (Lipinski definition) is 5. The van der Waals surface area contributed by atoms with Gasteiger partial charge in [0.2, 0.25) is 5.88 Å². The zero-order valence-corrected chi connectivity index (χ0v) is 9.57. The third-order valence-corrected chi connectivity index (χ3v) is 3.20. The molecule has 1 aliphatic rings. The first-order chi connectivity index (χ1) is 7.93. The summed E-state index contributed by atoms with van der Waals surface area (Å²) >= 11 is 0. The van der Waals surface area contributed by atoms with Crippen molar-refractivity contribution in [1.82, 2.24) is 9.55 Å². The first-order valence-electron chi connectivity index (χ1n) is 5.32. The van der Waals surface area contributed by atoms with Crippen molar-refractivity contribution in [3.05, 3.63) is 12.0 Å². The number of imidazole rings is 1. The van der Waals surface area contributed by atoms with Gasteiger partial charge in [0.25, 0.3) is 5.91 Å². The molecule has 0 aliphatic carbocycles. The fourth-order valence-electron chi connectivity index (χ4n) is 1.91. The van der Waals surface area contributed by atoms with Gasteiger partial charge in [-0.05, 0) is 6.92 Å². The average Bonchev–Trinajstić information content (AvgIpc) is 2.75. The highest BCUT2D eigenvalue weighted by Crippen LogP contribution is 2.36. The van der Waals surface area contributed by atoms with Crippen molar-refractivity contribution < 1.29 is 19.7 Å². The van der Waals surface area contributed by atoms with Crippen LogP contribution in [0.1, 0.15) is 30.6 Å². The number of amides is 1. The minimum atomic E-state index is -0.824. The molecule has 0 bridgehead atoms. The Morgan fingerprint density at radius 1 is 1.59 bits per heavy atom. The SMILES string of the molecule is C[C@H]1[C@@H](O)[C@H](n2cnc(C(N)=O)c2O)O[C@@H]1C. The van der Waals surface area contributed by atoms with E-state index < -0.39 is 18.2 Å². The smallest absolute Gasteiger partial charge is 0.272 e. The van der Waals surface area contributed by atoms with E-state index in [1.54, 1.807) is 0 Å². The molecule has 2 rings (SSSR count). The van der Waals surface area contributed by atoms with Crippen LogP contribution < -0.4 is 5.73 Å². The lowest BCUT2D eigenvalue weighted by atomic mass is 10.0. The van der Waals surface area contributed by atoms with E-state index in [1.165, 1.54) is 10.9 Å². The molecule has 0 radical (unpaired) electrons. The lowest BCUT2D eigenvalue weighted by Gasteiger charge is -2.17. The van der Waals surface area contributed by atoms with Crippen LogP contribution in [0.4, 0.5) is 0 Å². The fraction of sp³-hybridized carbons (Fsp3) is 0.600. The first kappa shape index (κ1) is 11.9. The number of aliphatic hydroxyl groups is 1. The summed E-state index contributed by atoms with van der Waals surface area (Å²) in [4.78, 5) is 14.6. The number of carbonyl (C=O) groups is 1. The Balaban J connectivity index is 2.33. The van der Waals surface area contributed by atoms with Crippen LogP contribution in [0.25, 0.3) is 0 Å². The number of rotatable bonds is 2. The quantitative estimate of drug-likeness (QED) is 0.652. The molecule has 17 heavy (non-hydrogen) atoms. The molecule has 7 nitrogen and oxygen atoms in total. The highest BCUT2D eigenvalue weighted by Gasteiger charge is 2.40. The number of primary amides is 1. The Morgan fingerprint density at radius 3 is 2.65 bits per heavy atom. The zero-order chi connectivity index (χ0) is 12.7. The number of ether oxygens (including phenoxy) is 1. The van der Waals surface area contributed by atoms with E-state index in [4.69, 9.17) is 10.5 Å². The van der Waals surface area contributed by atoms with Crippen LogP contribution >= 0.6 is 0 Å². The van der Waals surface area contributed by atoms with Gasteiger partial charge in [-0.1, -0.05) is 6.92 Å². The van der Waals surface area contributed by atoms with Gasteiger partial charge in [-0.25, -0.2) is 4.98 Å². The van der Waals surface area contributed by atoms with E-state index in [-0.39, 0.29) is 23.6 Å². The summed E-state index contributed by atoms with van der Waals surface area (Å²) in [5.74, 6) is -1.28. The lowest BCUT2D eigenvalue weighted by Crippen LogP contribution is -2.23. The predicted octanol–water partition coefficient (Wildman–Crippen LogP) is -0.398.